The molecule has 3 nitrogen and oxygen atoms in total. The average Bonchev–Trinajstić information content (AvgIpc) is 2.08. The molecule has 1 aromatic carbocycles. The van der Waals surface area contributed by atoms with E-state index in [1.54, 1.807) is 18.2 Å². The van der Waals surface area contributed by atoms with E-state index in [2.05, 4.69) is 17.4 Å². The smallest absolute Gasteiger partial charge is 0.337 e. The van der Waals surface area contributed by atoms with Crippen molar-refractivity contribution in [3.05, 3.63) is 23.8 Å². The second kappa shape index (κ2) is 3.49. The molecule has 0 atom stereocenters. The van der Waals surface area contributed by atoms with Crippen LogP contribution in [0.25, 0.3) is 0 Å². The zero-order chi connectivity index (χ0) is 9.14. The molecular weight excluding hydrogens is 174 g/mol. The number of nitrogen functional groups attached to an aromatic ring is 1. The fraction of sp³-hybridized carbons (Fsp3) is 0.125. The van der Waals surface area contributed by atoms with Crippen molar-refractivity contribution >= 4 is 24.3 Å². The predicted molar refractivity (Wildman–Crippen MR) is 49.4 cm³/mol. The molecule has 64 valence electrons. The molecule has 0 fully saturated rings. The van der Waals surface area contributed by atoms with Crippen LogP contribution < -0.4 is 5.73 Å². The monoisotopic (exact) mass is 183 g/mol. The summed E-state index contributed by atoms with van der Waals surface area (Å²) >= 11 is 4.07. The van der Waals surface area contributed by atoms with Gasteiger partial charge >= 0.3 is 5.97 Å². The molecule has 0 bridgehead atoms. The highest BCUT2D eigenvalue weighted by molar-refractivity contribution is 7.80. The molecule has 2 N–H and O–H groups in total. The van der Waals surface area contributed by atoms with E-state index in [1.807, 2.05) is 0 Å². The van der Waals surface area contributed by atoms with Crippen molar-refractivity contribution in [2.45, 2.75) is 4.90 Å². The molecule has 0 aliphatic heterocycles. The number of carbonyl (C=O) groups is 1. The summed E-state index contributed by atoms with van der Waals surface area (Å²) < 4.78 is 4.52. The Labute approximate surface area is 75.9 Å². The van der Waals surface area contributed by atoms with Gasteiger partial charge in [-0.05, 0) is 18.2 Å². The van der Waals surface area contributed by atoms with Gasteiger partial charge in [0.2, 0.25) is 0 Å². The maximum atomic E-state index is 11.0. The van der Waals surface area contributed by atoms with Crippen LogP contribution in [0.4, 0.5) is 5.69 Å². The van der Waals surface area contributed by atoms with Gasteiger partial charge in [-0.3, -0.25) is 0 Å². The Kier molecular flexibility index (Phi) is 2.60. The van der Waals surface area contributed by atoms with Crippen molar-refractivity contribution in [3.8, 4) is 0 Å². The van der Waals surface area contributed by atoms with Crippen LogP contribution in [0.5, 0.6) is 0 Å². The lowest BCUT2D eigenvalue weighted by Crippen LogP contribution is -2.01. The van der Waals surface area contributed by atoms with E-state index in [-0.39, 0.29) is 5.97 Å². The molecule has 0 spiro atoms. The highest BCUT2D eigenvalue weighted by Gasteiger charge is 2.05. The number of hydrogen-bond donors (Lipinski definition) is 2. The van der Waals surface area contributed by atoms with Gasteiger partial charge in [-0.15, -0.1) is 12.6 Å². The van der Waals surface area contributed by atoms with Crippen molar-refractivity contribution in [2.24, 2.45) is 0 Å². The Bertz CT molecular complexity index is 312. The van der Waals surface area contributed by atoms with E-state index in [0.717, 1.165) is 0 Å². The van der Waals surface area contributed by atoms with Gasteiger partial charge < -0.3 is 10.5 Å². The quantitative estimate of drug-likeness (QED) is 0.392. The predicted octanol–water partition coefficient (Wildman–Crippen LogP) is 1.34. The Morgan fingerprint density at radius 1 is 1.58 bits per heavy atom. The second-order valence-corrected chi connectivity index (χ2v) is 2.75. The third kappa shape index (κ3) is 1.71. The fourth-order valence-electron chi connectivity index (χ4n) is 0.788. The van der Waals surface area contributed by atoms with Crippen LogP contribution in [-0.4, -0.2) is 13.1 Å². The second-order valence-electron chi connectivity index (χ2n) is 2.27. The van der Waals surface area contributed by atoms with Crippen molar-refractivity contribution in [2.75, 3.05) is 12.8 Å². The van der Waals surface area contributed by atoms with Gasteiger partial charge in [0.05, 0.1) is 12.7 Å². The van der Waals surface area contributed by atoms with E-state index in [1.165, 1.54) is 7.11 Å². The van der Waals surface area contributed by atoms with Crippen LogP contribution in [0, 0.1) is 0 Å². The normalized spacial score (nSPS) is 9.50. The average molecular weight is 183 g/mol. The minimum Gasteiger partial charge on any atom is -0.465 e. The van der Waals surface area contributed by atoms with E-state index in [0.29, 0.717) is 16.1 Å². The maximum Gasteiger partial charge on any atom is 0.337 e. The van der Waals surface area contributed by atoms with Crippen molar-refractivity contribution in [1.29, 1.82) is 0 Å². The first kappa shape index (κ1) is 8.93. The van der Waals surface area contributed by atoms with Gasteiger partial charge in [-0.1, -0.05) is 0 Å². The molecule has 0 aliphatic rings. The molecule has 4 heteroatoms. The summed E-state index contributed by atoms with van der Waals surface area (Å²) in [6.45, 7) is 0. The molecule has 0 heterocycles. The van der Waals surface area contributed by atoms with Gasteiger partial charge in [-0.25, -0.2) is 4.79 Å². The molecule has 1 aromatic rings. The van der Waals surface area contributed by atoms with Crippen LogP contribution >= 0.6 is 12.6 Å². The SMILES string of the molecule is COC(=O)c1ccc(N)c(S)c1. The van der Waals surface area contributed by atoms with E-state index in [9.17, 15) is 4.79 Å². The summed E-state index contributed by atoms with van der Waals surface area (Å²) in [7, 11) is 1.33. The maximum absolute atomic E-state index is 11.0. The van der Waals surface area contributed by atoms with E-state index < -0.39 is 0 Å². The molecule has 1 rings (SSSR count). The first-order chi connectivity index (χ1) is 5.65. The number of nitrogens with two attached hydrogens (primary N) is 1. The van der Waals surface area contributed by atoms with Crippen molar-refractivity contribution in [3.63, 3.8) is 0 Å². The zero-order valence-corrected chi connectivity index (χ0v) is 7.47. The van der Waals surface area contributed by atoms with Crippen LogP contribution in [0.2, 0.25) is 0 Å². The molecule has 0 radical (unpaired) electrons. The summed E-state index contributed by atoms with van der Waals surface area (Å²) in [4.78, 5) is 11.6. The largest absolute Gasteiger partial charge is 0.465 e. The lowest BCUT2D eigenvalue weighted by Gasteiger charge is -2.01. The number of hydrogen-bond acceptors (Lipinski definition) is 4. The Hall–Kier alpha value is -1.16. The summed E-state index contributed by atoms with van der Waals surface area (Å²) in [5, 5.41) is 0. The Morgan fingerprint density at radius 3 is 2.75 bits per heavy atom. The minimum atomic E-state index is -0.384. The first-order valence-corrected chi connectivity index (χ1v) is 3.76. The van der Waals surface area contributed by atoms with Gasteiger partial charge in [0.1, 0.15) is 0 Å². The van der Waals surface area contributed by atoms with Crippen LogP contribution in [-0.2, 0) is 4.74 Å². The van der Waals surface area contributed by atoms with Crippen molar-refractivity contribution in [1.82, 2.24) is 0 Å². The number of methoxy groups -OCH3 is 1. The van der Waals surface area contributed by atoms with Gasteiger partial charge in [-0.2, -0.15) is 0 Å². The van der Waals surface area contributed by atoms with Gasteiger partial charge in [0.15, 0.2) is 0 Å². The summed E-state index contributed by atoms with van der Waals surface area (Å²) in [5.41, 5.74) is 6.50. The molecule has 12 heavy (non-hydrogen) atoms. The van der Waals surface area contributed by atoms with E-state index >= 15 is 0 Å². The van der Waals surface area contributed by atoms with Gasteiger partial charge in [0, 0.05) is 10.6 Å². The topological polar surface area (TPSA) is 52.3 Å². The summed E-state index contributed by atoms with van der Waals surface area (Å²) in [5.74, 6) is -0.384. The highest BCUT2D eigenvalue weighted by atomic mass is 32.1. The molecular formula is C8H9NO2S. The van der Waals surface area contributed by atoms with Crippen LogP contribution in [0.15, 0.2) is 23.1 Å². The lowest BCUT2D eigenvalue weighted by molar-refractivity contribution is 0.0600. The summed E-state index contributed by atoms with van der Waals surface area (Å²) in [6.07, 6.45) is 0. The van der Waals surface area contributed by atoms with Gasteiger partial charge in [0.25, 0.3) is 0 Å². The number of benzene rings is 1. The summed E-state index contributed by atoms with van der Waals surface area (Å²) in [6, 6.07) is 4.79. The molecule has 0 amide bonds. The number of rotatable bonds is 1. The van der Waals surface area contributed by atoms with E-state index in [4.69, 9.17) is 5.73 Å². The number of carbonyl (C=O) groups excluding carboxylic acids is 1. The molecule has 0 saturated carbocycles. The van der Waals surface area contributed by atoms with Crippen LogP contribution in [0.1, 0.15) is 10.4 Å². The molecule has 0 aromatic heterocycles. The van der Waals surface area contributed by atoms with Crippen LogP contribution in [0.3, 0.4) is 0 Å². The lowest BCUT2D eigenvalue weighted by atomic mass is 10.2. The van der Waals surface area contributed by atoms with Crippen molar-refractivity contribution < 1.29 is 9.53 Å². The number of thiol groups is 1. The number of anilines is 1. The number of esters is 1. The molecule has 0 aliphatic carbocycles. The number of ether oxygens (including phenoxy) is 1. The zero-order valence-electron chi connectivity index (χ0n) is 6.57. The molecule has 0 saturated heterocycles. The first-order valence-electron chi connectivity index (χ1n) is 3.32. The Morgan fingerprint density at radius 2 is 2.25 bits per heavy atom. The minimum absolute atomic E-state index is 0.384. The third-order valence-corrected chi connectivity index (χ3v) is 1.84. The third-order valence-electron chi connectivity index (χ3n) is 1.45. The molecule has 0 unspecified atom stereocenters. The fourth-order valence-corrected chi connectivity index (χ4v) is 1.00. The highest BCUT2D eigenvalue weighted by Crippen LogP contribution is 2.17. The standard InChI is InChI=1S/C8H9NO2S/c1-11-8(10)5-2-3-6(9)7(12)4-5/h2-4,12H,9H2,1H3. The Balaban J connectivity index is 3.05.